The van der Waals surface area contributed by atoms with Crippen molar-refractivity contribution in [2.75, 3.05) is 30.8 Å². The van der Waals surface area contributed by atoms with Crippen LogP contribution in [0.15, 0.2) is 79.3 Å². The summed E-state index contributed by atoms with van der Waals surface area (Å²) in [7, 11) is -3.36. The Morgan fingerprint density at radius 3 is 2.48 bits per heavy atom. The van der Waals surface area contributed by atoms with Gasteiger partial charge in [0.1, 0.15) is 12.1 Å². The topological polar surface area (TPSA) is 100 Å². The molecule has 2 N–H and O–H groups in total. The van der Waals surface area contributed by atoms with Gasteiger partial charge in [-0.25, -0.2) is 22.4 Å². The SMILES string of the molecule is CCS(=O)(=O)n1ccc2cc(Nc3ncnc4ccc(-c5ccc(CN6CC7C(CO)C7C6)cc5)cc34)ccc21. The fraction of sp³-hybridized carbons (Fsp3) is 0.290. The normalized spacial score (nSPS) is 20.7. The highest BCUT2D eigenvalue weighted by molar-refractivity contribution is 7.90. The molecule has 2 unspecified atom stereocenters. The van der Waals surface area contributed by atoms with Gasteiger partial charge in [0.2, 0.25) is 10.0 Å². The molecule has 0 spiro atoms. The number of piperidine rings is 1. The van der Waals surface area contributed by atoms with Gasteiger partial charge in [0.25, 0.3) is 0 Å². The molecule has 0 radical (unpaired) electrons. The van der Waals surface area contributed by atoms with Crippen molar-refractivity contribution < 1.29 is 13.5 Å². The van der Waals surface area contributed by atoms with Crippen LogP contribution in [0.3, 0.4) is 0 Å². The number of fused-ring (bicyclic) bond motifs is 3. The Hall–Kier alpha value is -3.79. The number of hydrogen-bond donors (Lipinski definition) is 2. The first-order valence-corrected chi connectivity index (χ1v) is 15.3. The first kappa shape index (κ1) is 25.2. The van der Waals surface area contributed by atoms with Gasteiger partial charge in [-0.15, -0.1) is 0 Å². The van der Waals surface area contributed by atoms with Crippen LogP contribution in [0.25, 0.3) is 32.9 Å². The van der Waals surface area contributed by atoms with E-state index in [0.717, 1.165) is 52.7 Å². The molecular formula is C31H31N5O3S. The molecule has 40 heavy (non-hydrogen) atoms. The predicted molar refractivity (Wildman–Crippen MR) is 158 cm³/mol. The third-order valence-corrected chi connectivity index (χ3v) is 10.2. The summed E-state index contributed by atoms with van der Waals surface area (Å²) in [4.78, 5) is 11.5. The molecule has 0 bridgehead atoms. The van der Waals surface area contributed by atoms with E-state index in [0.29, 0.717) is 35.7 Å². The van der Waals surface area contributed by atoms with Crippen LogP contribution in [0, 0.1) is 17.8 Å². The molecule has 2 fully saturated rings. The van der Waals surface area contributed by atoms with Gasteiger partial charge >= 0.3 is 0 Å². The Kier molecular flexibility index (Phi) is 6.10. The minimum Gasteiger partial charge on any atom is -0.396 e. The average Bonchev–Trinajstić information content (AvgIpc) is 3.26. The molecule has 0 amide bonds. The van der Waals surface area contributed by atoms with Crippen molar-refractivity contribution in [2.45, 2.75) is 13.5 Å². The van der Waals surface area contributed by atoms with Crippen LogP contribution in [0.5, 0.6) is 0 Å². The van der Waals surface area contributed by atoms with Gasteiger partial charge in [-0.2, -0.15) is 0 Å². The van der Waals surface area contributed by atoms with Crippen LogP contribution in [0.4, 0.5) is 11.5 Å². The lowest BCUT2D eigenvalue weighted by Gasteiger charge is -2.19. The molecule has 9 heteroatoms. The first-order chi connectivity index (χ1) is 19.4. The second-order valence-electron chi connectivity index (χ2n) is 10.9. The Morgan fingerprint density at radius 1 is 0.950 bits per heavy atom. The zero-order chi connectivity index (χ0) is 27.4. The van der Waals surface area contributed by atoms with Crippen LogP contribution in [-0.2, 0) is 16.6 Å². The van der Waals surface area contributed by atoms with Crippen molar-refractivity contribution in [2.24, 2.45) is 17.8 Å². The van der Waals surface area contributed by atoms with E-state index in [1.165, 1.54) is 9.54 Å². The molecule has 2 aliphatic rings. The highest BCUT2D eigenvalue weighted by Gasteiger charge is 2.54. The van der Waals surface area contributed by atoms with Crippen LogP contribution in [0.2, 0.25) is 0 Å². The quantitative estimate of drug-likeness (QED) is 0.283. The van der Waals surface area contributed by atoms with Gasteiger partial charge in [-0.3, -0.25) is 4.90 Å². The number of likely N-dealkylation sites (tertiary alicyclic amines) is 1. The molecule has 2 aromatic heterocycles. The summed E-state index contributed by atoms with van der Waals surface area (Å²) in [5.41, 5.74) is 5.83. The van der Waals surface area contributed by atoms with E-state index in [-0.39, 0.29) is 5.75 Å². The van der Waals surface area contributed by atoms with Gasteiger partial charge in [-0.05, 0) is 77.8 Å². The maximum absolute atomic E-state index is 12.4. The molecule has 3 heterocycles. The van der Waals surface area contributed by atoms with Gasteiger partial charge in [0.05, 0.1) is 16.8 Å². The zero-order valence-corrected chi connectivity index (χ0v) is 23.1. The zero-order valence-electron chi connectivity index (χ0n) is 22.2. The molecule has 1 aliphatic heterocycles. The number of nitrogens with one attached hydrogen (secondary N) is 1. The monoisotopic (exact) mass is 553 g/mol. The lowest BCUT2D eigenvalue weighted by atomic mass is 10.0. The molecule has 1 saturated carbocycles. The second kappa shape index (κ2) is 9.69. The minimum absolute atomic E-state index is 0.0415. The summed E-state index contributed by atoms with van der Waals surface area (Å²) in [5, 5.41) is 14.6. The van der Waals surface area contributed by atoms with E-state index in [4.69, 9.17) is 0 Å². The van der Waals surface area contributed by atoms with Crippen molar-refractivity contribution in [3.05, 3.63) is 84.8 Å². The maximum atomic E-state index is 12.4. The van der Waals surface area contributed by atoms with Gasteiger partial charge in [0, 0.05) is 48.9 Å². The summed E-state index contributed by atoms with van der Waals surface area (Å²) in [6.45, 7) is 5.11. The van der Waals surface area contributed by atoms with E-state index in [9.17, 15) is 13.5 Å². The largest absolute Gasteiger partial charge is 0.396 e. The summed E-state index contributed by atoms with van der Waals surface area (Å²) in [6.07, 6.45) is 3.15. The third kappa shape index (κ3) is 4.44. The van der Waals surface area contributed by atoms with E-state index in [1.807, 2.05) is 30.3 Å². The number of aliphatic hydroxyl groups is 1. The number of anilines is 2. The summed E-state index contributed by atoms with van der Waals surface area (Å²) in [5.74, 6) is 2.64. The molecule has 204 valence electrons. The molecular weight excluding hydrogens is 522 g/mol. The highest BCUT2D eigenvalue weighted by atomic mass is 32.2. The molecule has 7 rings (SSSR count). The third-order valence-electron chi connectivity index (χ3n) is 8.57. The fourth-order valence-corrected chi connectivity index (χ4v) is 7.24. The standard InChI is InChI=1S/C31H31N5O3S/c1-2-40(38,39)36-12-11-23-13-24(8-10-30(23)36)34-31-25-14-22(7-9-29(25)32-19-33-31)21-5-3-20(4-6-21)15-35-16-26-27(17-35)28(26)18-37/h3-14,19,26-28,37H,2,15-18H2,1H3,(H,32,33,34). The smallest absolute Gasteiger partial charge is 0.238 e. The molecule has 3 aromatic carbocycles. The summed E-state index contributed by atoms with van der Waals surface area (Å²) in [6, 6.07) is 22.4. The summed E-state index contributed by atoms with van der Waals surface area (Å²) < 4.78 is 26.1. The van der Waals surface area contributed by atoms with Crippen LogP contribution in [-0.4, -0.2) is 57.8 Å². The van der Waals surface area contributed by atoms with Crippen LogP contribution >= 0.6 is 0 Å². The fourth-order valence-electron chi connectivity index (χ4n) is 6.25. The van der Waals surface area contributed by atoms with E-state index >= 15 is 0 Å². The molecule has 8 nitrogen and oxygen atoms in total. The Bertz CT molecular complexity index is 1820. The van der Waals surface area contributed by atoms with Crippen molar-refractivity contribution in [1.29, 1.82) is 0 Å². The number of aromatic nitrogens is 3. The van der Waals surface area contributed by atoms with Crippen LogP contribution < -0.4 is 5.32 Å². The van der Waals surface area contributed by atoms with Crippen molar-refractivity contribution in [3.8, 4) is 11.1 Å². The van der Waals surface area contributed by atoms with Crippen molar-refractivity contribution >= 4 is 43.3 Å². The summed E-state index contributed by atoms with van der Waals surface area (Å²) >= 11 is 0. The molecule has 2 atom stereocenters. The Balaban J connectivity index is 1.12. The Morgan fingerprint density at radius 2 is 1.73 bits per heavy atom. The van der Waals surface area contributed by atoms with Crippen LogP contribution in [0.1, 0.15) is 12.5 Å². The first-order valence-electron chi connectivity index (χ1n) is 13.7. The Labute approximate surface area is 233 Å². The highest BCUT2D eigenvalue weighted by Crippen LogP contribution is 2.51. The van der Waals surface area contributed by atoms with Gasteiger partial charge in [0.15, 0.2) is 0 Å². The van der Waals surface area contributed by atoms with Gasteiger partial charge < -0.3 is 10.4 Å². The minimum atomic E-state index is -3.36. The predicted octanol–water partition coefficient (Wildman–Crippen LogP) is 4.86. The number of rotatable bonds is 8. The number of hydrogen-bond acceptors (Lipinski definition) is 7. The van der Waals surface area contributed by atoms with E-state index < -0.39 is 10.0 Å². The second-order valence-corrected chi connectivity index (χ2v) is 13.1. The van der Waals surface area contributed by atoms with Gasteiger partial charge in [-0.1, -0.05) is 30.3 Å². The number of benzene rings is 3. The maximum Gasteiger partial charge on any atom is 0.238 e. The number of nitrogens with zero attached hydrogens (tertiary/aromatic N) is 4. The van der Waals surface area contributed by atoms with E-state index in [2.05, 4.69) is 56.6 Å². The van der Waals surface area contributed by atoms with Crippen molar-refractivity contribution in [1.82, 2.24) is 18.8 Å². The number of aliphatic hydroxyl groups excluding tert-OH is 1. The lowest BCUT2D eigenvalue weighted by Crippen LogP contribution is -2.24. The lowest BCUT2D eigenvalue weighted by molar-refractivity contribution is 0.217. The molecule has 5 aromatic rings. The average molecular weight is 554 g/mol. The van der Waals surface area contributed by atoms with Crippen molar-refractivity contribution in [3.63, 3.8) is 0 Å². The molecule has 1 saturated heterocycles. The van der Waals surface area contributed by atoms with E-state index in [1.54, 1.807) is 19.4 Å². The molecule has 1 aliphatic carbocycles.